The van der Waals surface area contributed by atoms with E-state index in [9.17, 15) is 19.8 Å². The highest BCUT2D eigenvalue weighted by atomic mass is 35.5. The summed E-state index contributed by atoms with van der Waals surface area (Å²) < 4.78 is 5.67. The molecule has 3 rings (SSSR count). The van der Waals surface area contributed by atoms with Gasteiger partial charge in [0.2, 0.25) is 0 Å². The van der Waals surface area contributed by atoms with Crippen LogP contribution in [-0.2, 0) is 16.0 Å². The molecule has 2 N–H and O–H groups in total. The monoisotopic (exact) mass is 434 g/mol. The topological polar surface area (TPSA) is 83.8 Å². The van der Waals surface area contributed by atoms with Gasteiger partial charge in [0.1, 0.15) is 16.0 Å². The van der Waals surface area contributed by atoms with Gasteiger partial charge in [-0.05, 0) is 42.3 Å². The first-order valence-electron chi connectivity index (χ1n) is 8.91. The third-order valence-electron chi connectivity index (χ3n) is 6.02. The number of rotatable bonds is 7. The van der Waals surface area contributed by atoms with E-state index in [0.717, 1.165) is 0 Å². The number of para-hydroxylation sites is 1. The molecule has 0 aliphatic heterocycles. The number of benzene rings is 2. The zero-order valence-electron chi connectivity index (χ0n) is 15.9. The maximum atomic E-state index is 12.1. The molecule has 0 heterocycles. The van der Waals surface area contributed by atoms with Crippen LogP contribution in [0, 0.1) is 16.2 Å². The van der Waals surface area contributed by atoms with Gasteiger partial charge in [-0.3, -0.25) is 9.59 Å². The Labute approximate surface area is 178 Å². The van der Waals surface area contributed by atoms with E-state index in [2.05, 4.69) is 0 Å². The first-order valence-corrected chi connectivity index (χ1v) is 9.66. The highest BCUT2D eigenvalue weighted by molar-refractivity contribution is 6.56. The summed E-state index contributed by atoms with van der Waals surface area (Å²) in [5, 5.41) is 19.7. The van der Waals surface area contributed by atoms with Crippen LogP contribution in [-0.4, -0.2) is 22.2 Å². The Balaban J connectivity index is 2.02. The fourth-order valence-corrected chi connectivity index (χ4v) is 4.92. The average Bonchev–Trinajstić information content (AvgIpc) is 3.04. The number of hydrogen-bond acceptors (Lipinski definition) is 3. The average molecular weight is 435 g/mol. The fourth-order valence-electron chi connectivity index (χ4n) is 4.55. The maximum Gasteiger partial charge on any atom is 0.322 e. The van der Waals surface area contributed by atoms with Crippen LogP contribution >= 0.6 is 23.2 Å². The van der Waals surface area contributed by atoms with E-state index < -0.39 is 28.2 Å². The quantitative estimate of drug-likeness (QED) is 0.560. The van der Waals surface area contributed by atoms with E-state index in [1.807, 2.05) is 30.3 Å². The lowest BCUT2D eigenvalue weighted by Crippen LogP contribution is -2.33. The van der Waals surface area contributed by atoms with Crippen molar-refractivity contribution in [3.63, 3.8) is 0 Å². The minimum atomic E-state index is -2.05. The first-order chi connectivity index (χ1) is 13.6. The Bertz CT molecular complexity index is 966. The van der Waals surface area contributed by atoms with Crippen molar-refractivity contribution in [3.8, 4) is 11.5 Å². The third-order valence-corrected chi connectivity index (χ3v) is 6.24. The number of allylic oxidation sites excluding steroid dienone is 1. The van der Waals surface area contributed by atoms with Gasteiger partial charge < -0.3 is 14.9 Å². The summed E-state index contributed by atoms with van der Waals surface area (Å²) in [6.07, 6.45) is 1.47. The predicted molar refractivity (Wildman–Crippen MR) is 110 cm³/mol. The smallest absolute Gasteiger partial charge is 0.322 e. The van der Waals surface area contributed by atoms with Gasteiger partial charge in [0, 0.05) is 10.8 Å². The van der Waals surface area contributed by atoms with Gasteiger partial charge in [-0.1, -0.05) is 67.4 Å². The molecule has 0 radical (unpaired) electrons. The molecule has 1 saturated carbocycles. The van der Waals surface area contributed by atoms with E-state index in [-0.39, 0.29) is 10.9 Å². The Kier molecular flexibility index (Phi) is 5.41. The fraction of sp³-hybridized carbons (Fsp3) is 0.273. The molecular formula is C22H20Cl2O5. The van der Waals surface area contributed by atoms with Crippen molar-refractivity contribution in [1.29, 1.82) is 0 Å². The number of halogens is 2. The predicted octanol–water partition coefficient (Wildman–Crippen LogP) is 5.52. The van der Waals surface area contributed by atoms with E-state index in [1.54, 1.807) is 38.1 Å². The molecule has 7 heteroatoms. The van der Waals surface area contributed by atoms with Crippen LogP contribution in [0.1, 0.15) is 19.4 Å². The van der Waals surface area contributed by atoms with Crippen molar-refractivity contribution in [2.45, 2.75) is 20.3 Å². The molecule has 0 saturated heterocycles. The molecule has 1 aliphatic carbocycles. The van der Waals surface area contributed by atoms with E-state index in [1.165, 1.54) is 6.08 Å². The molecule has 29 heavy (non-hydrogen) atoms. The molecule has 0 amide bonds. The molecule has 2 aromatic rings. The number of carboxylic acid groups (broad SMARTS) is 2. The number of ether oxygens (including phenoxy) is 1. The zero-order valence-corrected chi connectivity index (χ0v) is 17.4. The van der Waals surface area contributed by atoms with Gasteiger partial charge in [-0.2, -0.15) is 0 Å². The van der Waals surface area contributed by atoms with Crippen molar-refractivity contribution in [3.05, 3.63) is 70.7 Å². The van der Waals surface area contributed by atoms with Crippen molar-refractivity contribution in [1.82, 2.24) is 0 Å². The molecule has 0 aromatic heterocycles. The van der Waals surface area contributed by atoms with Crippen LogP contribution in [0.15, 0.2) is 65.2 Å². The molecular weight excluding hydrogens is 415 g/mol. The largest absolute Gasteiger partial charge is 0.480 e. The molecule has 152 valence electrons. The summed E-state index contributed by atoms with van der Waals surface area (Å²) >= 11 is 11.8. The summed E-state index contributed by atoms with van der Waals surface area (Å²) in [6, 6.07) is 16.3. The maximum absolute atomic E-state index is 12.1. The molecule has 0 bridgehead atoms. The van der Waals surface area contributed by atoms with Crippen LogP contribution in [0.5, 0.6) is 11.5 Å². The lowest BCUT2D eigenvalue weighted by Gasteiger charge is -2.18. The molecule has 1 fully saturated rings. The Morgan fingerprint density at radius 2 is 1.55 bits per heavy atom. The summed E-state index contributed by atoms with van der Waals surface area (Å²) in [6.45, 7) is 3.21. The second-order valence-electron chi connectivity index (χ2n) is 7.63. The summed E-state index contributed by atoms with van der Waals surface area (Å²) in [5.41, 5.74) is -3.77. The van der Waals surface area contributed by atoms with Crippen molar-refractivity contribution in [2.24, 2.45) is 16.2 Å². The van der Waals surface area contributed by atoms with Gasteiger partial charge in [-0.15, -0.1) is 0 Å². The lowest BCUT2D eigenvalue weighted by molar-refractivity contribution is -0.160. The van der Waals surface area contributed by atoms with Gasteiger partial charge >= 0.3 is 11.9 Å². The standard InChI is InChI=1S/C22H20Cl2O5/c1-20(2)21(13-17(23)24,22(20,18(25)26)19(27)28)12-14-7-6-10-16(11-14)29-15-8-4-3-5-9-15/h3-11,13H,12H2,1-2H3,(H,25,26)(H,27,28). The van der Waals surface area contributed by atoms with Crippen molar-refractivity contribution in [2.75, 3.05) is 0 Å². The molecule has 1 aliphatic rings. The van der Waals surface area contributed by atoms with Crippen LogP contribution < -0.4 is 4.74 Å². The molecule has 0 spiro atoms. The van der Waals surface area contributed by atoms with Gasteiger partial charge in [0.05, 0.1) is 0 Å². The first kappa shape index (κ1) is 21.2. The number of hydrogen-bond donors (Lipinski definition) is 2. The van der Waals surface area contributed by atoms with Gasteiger partial charge in [0.25, 0.3) is 0 Å². The molecule has 5 nitrogen and oxygen atoms in total. The normalized spacial score (nSPS) is 21.1. The molecule has 1 unspecified atom stereocenters. The third kappa shape index (κ3) is 3.18. The van der Waals surface area contributed by atoms with Gasteiger partial charge in [0.15, 0.2) is 5.41 Å². The lowest BCUT2D eigenvalue weighted by atomic mass is 9.86. The molecule has 2 aromatic carbocycles. The number of carboxylic acids is 2. The van der Waals surface area contributed by atoms with Crippen LogP contribution in [0.25, 0.3) is 0 Å². The van der Waals surface area contributed by atoms with Crippen LogP contribution in [0.4, 0.5) is 0 Å². The van der Waals surface area contributed by atoms with E-state index in [4.69, 9.17) is 27.9 Å². The summed E-state index contributed by atoms with van der Waals surface area (Å²) in [5.74, 6) is -1.63. The van der Waals surface area contributed by atoms with Crippen LogP contribution in [0.2, 0.25) is 0 Å². The molecule has 1 atom stereocenters. The summed E-state index contributed by atoms with van der Waals surface area (Å²) in [4.78, 5) is 24.2. The number of carbonyl (C=O) groups is 2. The van der Waals surface area contributed by atoms with Crippen LogP contribution in [0.3, 0.4) is 0 Å². The van der Waals surface area contributed by atoms with E-state index in [0.29, 0.717) is 17.1 Å². The van der Waals surface area contributed by atoms with Gasteiger partial charge in [-0.25, -0.2) is 0 Å². The Morgan fingerprint density at radius 3 is 2.07 bits per heavy atom. The highest BCUT2D eigenvalue weighted by Crippen LogP contribution is 2.80. The second-order valence-corrected chi connectivity index (χ2v) is 8.64. The Morgan fingerprint density at radius 1 is 0.966 bits per heavy atom. The number of aliphatic carboxylic acids is 2. The van der Waals surface area contributed by atoms with E-state index >= 15 is 0 Å². The minimum absolute atomic E-state index is 0.119. The zero-order chi connectivity index (χ0) is 21.4. The summed E-state index contributed by atoms with van der Waals surface area (Å²) in [7, 11) is 0. The Hall–Kier alpha value is -2.50. The van der Waals surface area contributed by atoms with Crippen molar-refractivity contribution >= 4 is 35.1 Å². The second kappa shape index (κ2) is 7.39. The minimum Gasteiger partial charge on any atom is -0.480 e. The highest BCUT2D eigenvalue weighted by Gasteiger charge is 2.89. The van der Waals surface area contributed by atoms with Crippen molar-refractivity contribution < 1.29 is 24.5 Å². The SMILES string of the molecule is CC1(C)C(C=C(Cl)Cl)(Cc2cccc(Oc3ccccc3)c2)C1(C(=O)O)C(=O)O.